The Kier molecular flexibility index (Phi) is 4.50. The Morgan fingerprint density at radius 3 is 2.78 bits per heavy atom. The lowest BCUT2D eigenvalue weighted by atomic mass is 10.0. The Bertz CT molecular complexity index is 525. The highest BCUT2D eigenvalue weighted by Gasteiger charge is 2.07. The van der Waals surface area contributed by atoms with Gasteiger partial charge in [0, 0.05) is 29.5 Å². The van der Waals surface area contributed by atoms with Crippen LogP contribution in [0.3, 0.4) is 0 Å². The summed E-state index contributed by atoms with van der Waals surface area (Å²) >= 11 is 3.44. The predicted octanol–water partition coefficient (Wildman–Crippen LogP) is 4.00. The minimum atomic E-state index is 0.338. The van der Waals surface area contributed by atoms with Crippen LogP contribution >= 0.6 is 15.9 Å². The van der Waals surface area contributed by atoms with E-state index in [0.29, 0.717) is 6.04 Å². The van der Waals surface area contributed by atoms with Crippen LogP contribution in [-0.2, 0) is 6.54 Å². The lowest BCUT2D eigenvalue weighted by Gasteiger charge is -2.16. The van der Waals surface area contributed by atoms with Crippen molar-refractivity contribution in [1.82, 2.24) is 10.3 Å². The van der Waals surface area contributed by atoms with Gasteiger partial charge < -0.3 is 5.32 Å². The van der Waals surface area contributed by atoms with Crippen molar-refractivity contribution in [1.29, 1.82) is 0 Å². The largest absolute Gasteiger partial charge is 0.306 e. The minimum Gasteiger partial charge on any atom is -0.306 e. The summed E-state index contributed by atoms with van der Waals surface area (Å²) in [6.07, 6.45) is 3.69. The number of aromatic nitrogens is 1. The molecule has 1 atom stereocenters. The fourth-order valence-electron chi connectivity index (χ4n) is 2.01. The molecule has 0 spiro atoms. The molecule has 1 N–H and O–H groups in total. The maximum atomic E-state index is 4.17. The van der Waals surface area contributed by atoms with Crippen LogP contribution in [0.5, 0.6) is 0 Å². The summed E-state index contributed by atoms with van der Waals surface area (Å²) in [5.41, 5.74) is 3.86. The maximum absolute atomic E-state index is 4.17. The number of nitrogens with zero attached hydrogens (tertiary/aromatic N) is 1. The molecular formula is C15H17BrN2. The van der Waals surface area contributed by atoms with Gasteiger partial charge in [0.25, 0.3) is 0 Å². The number of aryl methyl sites for hydroxylation is 1. The van der Waals surface area contributed by atoms with Crippen LogP contribution in [0.25, 0.3) is 0 Å². The van der Waals surface area contributed by atoms with E-state index in [1.54, 1.807) is 6.20 Å². The van der Waals surface area contributed by atoms with Gasteiger partial charge in [0.15, 0.2) is 0 Å². The molecular weight excluding hydrogens is 288 g/mol. The van der Waals surface area contributed by atoms with E-state index >= 15 is 0 Å². The van der Waals surface area contributed by atoms with E-state index in [0.717, 1.165) is 11.0 Å². The van der Waals surface area contributed by atoms with Crippen LogP contribution in [0.4, 0.5) is 0 Å². The molecule has 94 valence electrons. The Morgan fingerprint density at radius 2 is 2.06 bits per heavy atom. The van der Waals surface area contributed by atoms with Gasteiger partial charge in [-0.05, 0) is 52.5 Å². The zero-order valence-electron chi connectivity index (χ0n) is 10.7. The van der Waals surface area contributed by atoms with Gasteiger partial charge >= 0.3 is 0 Å². The SMILES string of the molecule is Cc1ccccc1[C@@H](C)NCc1cncc(Br)c1. The predicted molar refractivity (Wildman–Crippen MR) is 78.4 cm³/mol. The molecule has 0 aliphatic rings. The van der Waals surface area contributed by atoms with Crippen molar-refractivity contribution >= 4 is 15.9 Å². The Labute approximate surface area is 117 Å². The number of hydrogen-bond donors (Lipinski definition) is 1. The van der Waals surface area contributed by atoms with Crippen LogP contribution < -0.4 is 5.32 Å². The van der Waals surface area contributed by atoms with E-state index in [9.17, 15) is 0 Å². The molecule has 0 saturated heterocycles. The molecule has 0 aliphatic carbocycles. The van der Waals surface area contributed by atoms with Gasteiger partial charge in [0.2, 0.25) is 0 Å². The first-order valence-corrected chi connectivity index (χ1v) is 6.84. The van der Waals surface area contributed by atoms with Gasteiger partial charge in [-0.1, -0.05) is 24.3 Å². The van der Waals surface area contributed by atoms with E-state index in [2.05, 4.69) is 70.4 Å². The molecule has 2 nitrogen and oxygen atoms in total. The third kappa shape index (κ3) is 3.40. The highest BCUT2D eigenvalue weighted by molar-refractivity contribution is 9.10. The first-order valence-electron chi connectivity index (χ1n) is 6.05. The number of hydrogen-bond acceptors (Lipinski definition) is 2. The quantitative estimate of drug-likeness (QED) is 0.923. The highest BCUT2D eigenvalue weighted by Crippen LogP contribution is 2.17. The molecule has 0 fully saturated rings. The van der Waals surface area contributed by atoms with Gasteiger partial charge in [-0.3, -0.25) is 4.98 Å². The van der Waals surface area contributed by atoms with Gasteiger partial charge in [0.05, 0.1) is 0 Å². The molecule has 1 aromatic carbocycles. The van der Waals surface area contributed by atoms with Crippen molar-refractivity contribution in [2.24, 2.45) is 0 Å². The van der Waals surface area contributed by atoms with Crippen LogP contribution in [0.2, 0.25) is 0 Å². The molecule has 1 aromatic heterocycles. The summed E-state index contributed by atoms with van der Waals surface area (Å²) in [7, 11) is 0. The van der Waals surface area contributed by atoms with Gasteiger partial charge in [-0.25, -0.2) is 0 Å². The van der Waals surface area contributed by atoms with Gasteiger partial charge in [-0.15, -0.1) is 0 Å². The summed E-state index contributed by atoms with van der Waals surface area (Å²) in [5.74, 6) is 0. The molecule has 0 aliphatic heterocycles. The van der Waals surface area contributed by atoms with Crippen molar-refractivity contribution in [3.63, 3.8) is 0 Å². The van der Waals surface area contributed by atoms with E-state index < -0.39 is 0 Å². The van der Waals surface area contributed by atoms with Crippen LogP contribution in [0.1, 0.15) is 29.7 Å². The summed E-state index contributed by atoms with van der Waals surface area (Å²) in [6.45, 7) is 5.16. The van der Waals surface area contributed by atoms with Crippen molar-refractivity contribution in [2.75, 3.05) is 0 Å². The van der Waals surface area contributed by atoms with Crippen molar-refractivity contribution in [2.45, 2.75) is 26.4 Å². The average Bonchev–Trinajstić information content (AvgIpc) is 2.37. The molecule has 1 heterocycles. The third-order valence-corrected chi connectivity index (χ3v) is 3.46. The van der Waals surface area contributed by atoms with Crippen LogP contribution in [0.15, 0.2) is 47.2 Å². The molecule has 3 heteroatoms. The standard InChI is InChI=1S/C15H17BrN2/c1-11-5-3-4-6-15(11)12(2)18-9-13-7-14(16)10-17-8-13/h3-8,10,12,18H,9H2,1-2H3/t12-/m1/s1. The van der Waals surface area contributed by atoms with Crippen molar-refractivity contribution in [3.05, 3.63) is 63.9 Å². The molecule has 2 rings (SSSR count). The third-order valence-electron chi connectivity index (χ3n) is 3.03. The van der Waals surface area contributed by atoms with Crippen molar-refractivity contribution in [3.8, 4) is 0 Å². The van der Waals surface area contributed by atoms with Crippen molar-refractivity contribution < 1.29 is 0 Å². The lowest BCUT2D eigenvalue weighted by molar-refractivity contribution is 0.571. The van der Waals surface area contributed by atoms with E-state index in [4.69, 9.17) is 0 Å². The van der Waals surface area contributed by atoms with E-state index in [-0.39, 0.29) is 0 Å². The fourth-order valence-corrected chi connectivity index (χ4v) is 2.42. The van der Waals surface area contributed by atoms with Crippen LogP contribution in [0, 0.1) is 6.92 Å². The molecule has 0 unspecified atom stereocenters. The summed E-state index contributed by atoms with van der Waals surface area (Å²) in [6, 6.07) is 10.9. The minimum absolute atomic E-state index is 0.338. The molecule has 2 aromatic rings. The van der Waals surface area contributed by atoms with E-state index in [1.165, 1.54) is 16.7 Å². The Morgan fingerprint density at radius 1 is 1.28 bits per heavy atom. The number of benzene rings is 1. The Balaban J connectivity index is 2.00. The second kappa shape index (κ2) is 6.12. The normalized spacial score (nSPS) is 12.4. The first-order chi connectivity index (χ1) is 8.66. The zero-order valence-corrected chi connectivity index (χ0v) is 12.2. The van der Waals surface area contributed by atoms with Crippen LogP contribution in [-0.4, -0.2) is 4.98 Å². The fraction of sp³-hybridized carbons (Fsp3) is 0.267. The number of halogens is 1. The molecule has 0 radical (unpaired) electrons. The summed E-state index contributed by atoms with van der Waals surface area (Å²) < 4.78 is 1.02. The second-order valence-electron chi connectivity index (χ2n) is 4.47. The monoisotopic (exact) mass is 304 g/mol. The second-order valence-corrected chi connectivity index (χ2v) is 5.39. The smallest absolute Gasteiger partial charge is 0.0410 e. The molecule has 18 heavy (non-hydrogen) atoms. The molecule has 0 saturated carbocycles. The van der Waals surface area contributed by atoms with Gasteiger partial charge in [0.1, 0.15) is 0 Å². The van der Waals surface area contributed by atoms with E-state index in [1.807, 2.05) is 6.20 Å². The summed E-state index contributed by atoms with van der Waals surface area (Å²) in [4.78, 5) is 4.17. The molecule has 0 bridgehead atoms. The number of nitrogens with one attached hydrogen (secondary N) is 1. The topological polar surface area (TPSA) is 24.9 Å². The van der Waals surface area contributed by atoms with Gasteiger partial charge in [-0.2, -0.15) is 0 Å². The average molecular weight is 305 g/mol. The maximum Gasteiger partial charge on any atom is 0.0410 e. The summed E-state index contributed by atoms with van der Waals surface area (Å²) in [5, 5.41) is 3.52. The first kappa shape index (κ1) is 13.2. The lowest BCUT2D eigenvalue weighted by Crippen LogP contribution is -2.18. The molecule has 0 amide bonds. The highest BCUT2D eigenvalue weighted by atomic mass is 79.9. The zero-order chi connectivity index (χ0) is 13.0. The number of rotatable bonds is 4. The number of pyridine rings is 1. The Hall–Kier alpha value is -1.19.